The molecule has 1 aromatic heterocycles. The van der Waals surface area contributed by atoms with Crippen molar-refractivity contribution in [1.82, 2.24) is 24.9 Å². The number of para-hydroxylation sites is 1. The largest absolute Gasteiger partial charge is 0.334 e. The molecule has 0 saturated carbocycles. The zero-order valence-corrected chi connectivity index (χ0v) is 14.5. The number of hydrogen-bond acceptors (Lipinski definition) is 3. The van der Waals surface area contributed by atoms with E-state index in [1.807, 2.05) is 46.1 Å². The Morgan fingerprint density at radius 2 is 2.00 bits per heavy atom. The van der Waals surface area contributed by atoms with Crippen LogP contribution in [-0.2, 0) is 6.54 Å². The van der Waals surface area contributed by atoms with Crippen LogP contribution in [0, 0.1) is 0 Å². The van der Waals surface area contributed by atoms with Gasteiger partial charge in [-0.05, 0) is 50.0 Å². The first-order valence-electron chi connectivity index (χ1n) is 9.16. The fourth-order valence-corrected chi connectivity index (χ4v) is 3.91. The first-order chi connectivity index (χ1) is 12.3. The molecule has 2 aliphatic rings. The topological polar surface area (TPSA) is 53.4 Å². The van der Waals surface area contributed by atoms with E-state index in [1.54, 1.807) is 6.20 Å². The molecule has 1 aromatic carbocycles. The molecule has 25 heavy (non-hydrogen) atoms. The van der Waals surface area contributed by atoms with Gasteiger partial charge in [-0.15, -0.1) is 0 Å². The van der Waals surface area contributed by atoms with E-state index in [4.69, 9.17) is 0 Å². The Morgan fingerprint density at radius 1 is 1.16 bits per heavy atom. The van der Waals surface area contributed by atoms with E-state index in [1.165, 1.54) is 25.9 Å². The number of nitrogens with zero attached hydrogens (tertiary/aromatic N) is 4. The van der Waals surface area contributed by atoms with Gasteiger partial charge >= 0.3 is 6.03 Å². The van der Waals surface area contributed by atoms with Crippen LogP contribution in [0.25, 0.3) is 5.69 Å². The molecule has 6 heteroatoms. The molecule has 1 unspecified atom stereocenters. The third-order valence-corrected chi connectivity index (χ3v) is 5.28. The average Bonchev–Trinajstić information content (AvgIpc) is 3.41. The predicted molar refractivity (Wildman–Crippen MR) is 96.6 cm³/mol. The van der Waals surface area contributed by atoms with Crippen molar-refractivity contribution in [3.63, 3.8) is 0 Å². The lowest BCUT2D eigenvalue weighted by molar-refractivity contribution is 0.198. The number of urea groups is 1. The molecular formula is C19H25N5O. The second kappa shape index (κ2) is 7.27. The number of benzene rings is 1. The molecule has 4 rings (SSSR count). The number of rotatable bonds is 4. The standard InChI is InChI=1S/C19H25N5O/c25-19(23-13-8-17(15-23)22-10-3-4-11-22)20-14-16-6-1-2-7-18(16)24-12-5-9-21-24/h1-2,5-7,9,12,17H,3-4,8,10-11,13-15H2,(H,20,25). The molecule has 132 valence electrons. The summed E-state index contributed by atoms with van der Waals surface area (Å²) in [5.74, 6) is 0. The lowest BCUT2D eigenvalue weighted by Crippen LogP contribution is -2.41. The van der Waals surface area contributed by atoms with E-state index in [0.717, 1.165) is 30.8 Å². The maximum Gasteiger partial charge on any atom is 0.317 e. The Bertz CT molecular complexity index is 708. The average molecular weight is 339 g/mol. The Hall–Kier alpha value is -2.34. The summed E-state index contributed by atoms with van der Waals surface area (Å²) in [4.78, 5) is 17.1. The first kappa shape index (κ1) is 16.1. The summed E-state index contributed by atoms with van der Waals surface area (Å²) in [6, 6.07) is 10.5. The van der Waals surface area contributed by atoms with Gasteiger partial charge in [0.2, 0.25) is 0 Å². The first-order valence-corrected chi connectivity index (χ1v) is 9.16. The lowest BCUT2D eigenvalue weighted by atomic mass is 10.2. The molecule has 2 fully saturated rings. The molecule has 2 aliphatic heterocycles. The van der Waals surface area contributed by atoms with Crippen LogP contribution in [0.1, 0.15) is 24.8 Å². The fourth-order valence-electron chi connectivity index (χ4n) is 3.91. The van der Waals surface area contributed by atoms with Gasteiger partial charge in [-0.2, -0.15) is 5.10 Å². The SMILES string of the molecule is O=C(NCc1ccccc1-n1cccn1)N1CCC(N2CCCC2)C1. The maximum absolute atomic E-state index is 12.6. The molecule has 2 aromatic rings. The normalized spacial score (nSPS) is 21.0. The van der Waals surface area contributed by atoms with Crippen molar-refractivity contribution in [2.75, 3.05) is 26.2 Å². The molecule has 0 bridgehead atoms. The highest BCUT2D eigenvalue weighted by atomic mass is 16.2. The fraction of sp³-hybridized carbons (Fsp3) is 0.474. The zero-order valence-electron chi connectivity index (χ0n) is 14.5. The zero-order chi connectivity index (χ0) is 17.1. The van der Waals surface area contributed by atoms with Crippen molar-refractivity contribution < 1.29 is 4.79 Å². The van der Waals surface area contributed by atoms with Gasteiger partial charge in [0.1, 0.15) is 0 Å². The van der Waals surface area contributed by atoms with Crippen LogP contribution in [-0.4, -0.2) is 57.8 Å². The molecule has 1 atom stereocenters. The van der Waals surface area contributed by atoms with E-state index in [9.17, 15) is 4.79 Å². The van der Waals surface area contributed by atoms with Gasteiger partial charge in [0.15, 0.2) is 0 Å². The third-order valence-electron chi connectivity index (χ3n) is 5.28. The minimum absolute atomic E-state index is 0.0389. The van der Waals surface area contributed by atoms with Crippen LogP contribution in [0.3, 0.4) is 0 Å². The van der Waals surface area contributed by atoms with Gasteiger partial charge in [0.05, 0.1) is 5.69 Å². The van der Waals surface area contributed by atoms with Gasteiger partial charge in [-0.1, -0.05) is 18.2 Å². The Morgan fingerprint density at radius 3 is 2.80 bits per heavy atom. The van der Waals surface area contributed by atoms with E-state index < -0.39 is 0 Å². The van der Waals surface area contributed by atoms with E-state index in [2.05, 4.69) is 15.3 Å². The summed E-state index contributed by atoms with van der Waals surface area (Å²) in [7, 11) is 0. The summed E-state index contributed by atoms with van der Waals surface area (Å²) in [5, 5.41) is 7.38. The quantitative estimate of drug-likeness (QED) is 0.929. The minimum Gasteiger partial charge on any atom is -0.334 e. The van der Waals surface area contributed by atoms with Gasteiger partial charge in [0.25, 0.3) is 0 Å². The van der Waals surface area contributed by atoms with Crippen LogP contribution in [0.4, 0.5) is 4.79 Å². The maximum atomic E-state index is 12.6. The van der Waals surface area contributed by atoms with Crippen LogP contribution in [0.5, 0.6) is 0 Å². The van der Waals surface area contributed by atoms with Crippen LogP contribution in [0.15, 0.2) is 42.7 Å². The Kier molecular flexibility index (Phi) is 4.70. The second-order valence-corrected chi connectivity index (χ2v) is 6.87. The summed E-state index contributed by atoms with van der Waals surface area (Å²) in [5.41, 5.74) is 2.07. The molecular weight excluding hydrogens is 314 g/mol. The van der Waals surface area contributed by atoms with Crippen molar-refractivity contribution in [2.45, 2.75) is 31.8 Å². The number of hydrogen-bond donors (Lipinski definition) is 1. The van der Waals surface area contributed by atoms with Gasteiger partial charge in [-0.3, -0.25) is 4.90 Å². The number of amides is 2. The number of carbonyl (C=O) groups is 1. The Balaban J connectivity index is 1.35. The number of likely N-dealkylation sites (tertiary alicyclic amines) is 2. The summed E-state index contributed by atoms with van der Waals surface area (Å²) in [6.45, 7) is 4.61. The van der Waals surface area contributed by atoms with E-state index in [0.29, 0.717) is 12.6 Å². The van der Waals surface area contributed by atoms with Crippen molar-refractivity contribution >= 4 is 6.03 Å². The molecule has 2 saturated heterocycles. The molecule has 0 aliphatic carbocycles. The molecule has 3 heterocycles. The van der Waals surface area contributed by atoms with Gasteiger partial charge in [-0.25, -0.2) is 9.48 Å². The number of nitrogens with one attached hydrogen (secondary N) is 1. The highest BCUT2D eigenvalue weighted by molar-refractivity contribution is 5.74. The summed E-state index contributed by atoms with van der Waals surface area (Å²) >= 11 is 0. The predicted octanol–water partition coefficient (Wildman–Crippen LogP) is 2.25. The lowest BCUT2D eigenvalue weighted by Gasteiger charge is -2.23. The second-order valence-electron chi connectivity index (χ2n) is 6.87. The van der Waals surface area contributed by atoms with Crippen molar-refractivity contribution in [3.8, 4) is 5.69 Å². The molecule has 0 radical (unpaired) electrons. The van der Waals surface area contributed by atoms with Crippen LogP contribution < -0.4 is 5.32 Å². The third kappa shape index (κ3) is 3.54. The van der Waals surface area contributed by atoms with Gasteiger partial charge in [0, 0.05) is 38.1 Å². The smallest absolute Gasteiger partial charge is 0.317 e. The van der Waals surface area contributed by atoms with Gasteiger partial charge < -0.3 is 10.2 Å². The monoisotopic (exact) mass is 339 g/mol. The van der Waals surface area contributed by atoms with Crippen molar-refractivity contribution in [2.24, 2.45) is 0 Å². The summed E-state index contributed by atoms with van der Waals surface area (Å²) in [6.07, 6.45) is 7.37. The van der Waals surface area contributed by atoms with Crippen LogP contribution >= 0.6 is 0 Å². The minimum atomic E-state index is 0.0389. The van der Waals surface area contributed by atoms with Crippen molar-refractivity contribution in [1.29, 1.82) is 0 Å². The van der Waals surface area contributed by atoms with Crippen molar-refractivity contribution in [3.05, 3.63) is 48.3 Å². The molecule has 0 spiro atoms. The number of carbonyl (C=O) groups excluding carboxylic acids is 1. The molecule has 1 N–H and O–H groups in total. The highest BCUT2D eigenvalue weighted by Gasteiger charge is 2.31. The summed E-state index contributed by atoms with van der Waals surface area (Å²) < 4.78 is 1.83. The molecule has 2 amide bonds. The Labute approximate surface area is 148 Å². The van der Waals surface area contributed by atoms with Crippen LogP contribution in [0.2, 0.25) is 0 Å². The number of aromatic nitrogens is 2. The highest BCUT2D eigenvalue weighted by Crippen LogP contribution is 2.20. The van der Waals surface area contributed by atoms with E-state index >= 15 is 0 Å². The molecule has 6 nitrogen and oxygen atoms in total. The van der Waals surface area contributed by atoms with E-state index in [-0.39, 0.29) is 6.03 Å².